The molecule has 0 saturated carbocycles. The molecule has 1 aromatic heterocycles. The summed E-state index contributed by atoms with van der Waals surface area (Å²) < 4.78 is 1.46. The van der Waals surface area contributed by atoms with Crippen LogP contribution in [0, 0.1) is 0 Å². The molecule has 3 aliphatic heterocycles. The van der Waals surface area contributed by atoms with E-state index in [4.69, 9.17) is 0 Å². The number of anilines is 2. The number of nitrogens with zero attached hydrogens (tertiary/aromatic N) is 3. The lowest BCUT2D eigenvalue weighted by Crippen LogP contribution is -2.49. The summed E-state index contributed by atoms with van der Waals surface area (Å²) in [5.41, 5.74) is 3.52. The van der Waals surface area contributed by atoms with Gasteiger partial charge in [0.25, 0.3) is 5.56 Å². The van der Waals surface area contributed by atoms with Gasteiger partial charge in [-0.15, -0.1) is 0 Å². The number of carbonyl (C=O) groups is 1. The fourth-order valence-corrected chi connectivity index (χ4v) is 6.20. The van der Waals surface area contributed by atoms with Crippen molar-refractivity contribution in [3.8, 4) is 0 Å². The van der Waals surface area contributed by atoms with E-state index in [9.17, 15) is 14.7 Å². The van der Waals surface area contributed by atoms with Gasteiger partial charge in [-0.2, -0.15) is 0 Å². The van der Waals surface area contributed by atoms with Crippen LogP contribution in [-0.4, -0.2) is 44.2 Å². The summed E-state index contributed by atoms with van der Waals surface area (Å²) in [7, 11) is 0. The third-order valence-electron chi connectivity index (χ3n) is 8.50. The second-order valence-corrected chi connectivity index (χ2v) is 11.2. The van der Waals surface area contributed by atoms with Crippen molar-refractivity contribution in [3.05, 3.63) is 88.0 Å². The molecule has 2 aromatic carbocycles. The van der Waals surface area contributed by atoms with Gasteiger partial charge in [-0.05, 0) is 60.4 Å². The molecule has 0 aliphatic carbocycles. The molecule has 3 aliphatic rings. The van der Waals surface area contributed by atoms with Gasteiger partial charge in [-0.1, -0.05) is 43.3 Å². The number of aliphatic hydroxyl groups is 1. The Morgan fingerprint density at radius 3 is 2.58 bits per heavy atom. The van der Waals surface area contributed by atoms with E-state index in [0.29, 0.717) is 50.3 Å². The summed E-state index contributed by atoms with van der Waals surface area (Å²) in [4.78, 5) is 32.0. The molecule has 6 rings (SSSR count). The van der Waals surface area contributed by atoms with Crippen LogP contribution in [0.5, 0.6) is 0 Å². The number of hydrogen-bond donors (Lipinski definition) is 3. The topological polar surface area (TPSA) is 99.5 Å². The van der Waals surface area contributed by atoms with Crippen molar-refractivity contribution < 1.29 is 9.90 Å². The number of rotatable bonds is 7. The highest BCUT2D eigenvalue weighted by Gasteiger charge is 2.36. The first-order valence-corrected chi connectivity index (χ1v) is 13.7. The Balaban J connectivity index is 1.04. The van der Waals surface area contributed by atoms with E-state index >= 15 is 0 Å². The summed E-state index contributed by atoms with van der Waals surface area (Å²) in [5.74, 6) is 0.736. The molecule has 2 bridgehead atoms. The van der Waals surface area contributed by atoms with Crippen molar-refractivity contribution in [2.45, 2.75) is 69.2 Å². The third kappa shape index (κ3) is 4.98. The van der Waals surface area contributed by atoms with Crippen LogP contribution in [0.3, 0.4) is 0 Å². The molecule has 1 amide bonds. The molecule has 3 N–H and O–H groups in total. The van der Waals surface area contributed by atoms with E-state index in [1.807, 2.05) is 41.3 Å². The molecule has 3 atom stereocenters. The first-order chi connectivity index (χ1) is 18.4. The molecule has 198 valence electrons. The maximum Gasteiger partial charge on any atom is 0.255 e. The minimum absolute atomic E-state index is 0.104. The van der Waals surface area contributed by atoms with Gasteiger partial charge >= 0.3 is 0 Å². The van der Waals surface area contributed by atoms with Crippen LogP contribution in [0.25, 0.3) is 0 Å². The standard InChI is InChI=1S/C30H35N5O3/c1-20(21-5-3-2-4-6-21)15-28(36)34-13-11-30(38,12-14-34)18-35-19-31-27(17-29(35)37)32-22-7-8-23-24(16-22)26-10-9-25(23)33-26/h2-8,16-17,19-20,25-26,32-33,38H,9-15,18H2,1H3/t20-,25?,26?/m1/s1. The number of amides is 1. The minimum Gasteiger partial charge on any atom is -0.388 e. The highest BCUT2D eigenvalue weighted by Crippen LogP contribution is 2.45. The molecule has 3 aromatic rings. The van der Waals surface area contributed by atoms with Gasteiger partial charge in [-0.25, -0.2) is 4.98 Å². The Labute approximate surface area is 222 Å². The van der Waals surface area contributed by atoms with Gasteiger partial charge in [-0.3, -0.25) is 14.2 Å². The van der Waals surface area contributed by atoms with Gasteiger partial charge in [0.2, 0.25) is 5.91 Å². The molecule has 0 radical (unpaired) electrons. The second-order valence-electron chi connectivity index (χ2n) is 11.2. The largest absolute Gasteiger partial charge is 0.388 e. The lowest BCUT2D eigenvalue weighted by molar-refractivity contribution is -0.136. The quantitative estimate of drug-likeness (QED) is 0.442. The van der Waals surface area contributed by atoms with Crippen molar-refractivity contribution >= 4 is 17.4 Å². The summed E-state index contributed by atoms with van der Waals surface area (Å²) in [6.45, 7) is 3.19. The van der Waals surface area contributed by atoms with Crippen LogP contribution in [-0.2, 0) is 11.3 Å². The molecule has 8 nitrogen and oxygen atoms in total. The van der Waals surface area contributed by atoms with Crippen LogP contribution in [0.15, 0.2) is 65.7 Å². The lowest BCUT2D eigenvalue weighted by atomic mass is 9.90. The number of fused-ring (bicyclic) bond motifs is 5. The van der Waals surface area contributed by atoms with Crippen LogP contribution in [0.4, 0.5) is 11.5 Å². The molecule has 38 heavy (non-hydrogen) atoms. The predicted molar refractivity (Wildman–Crippen MR) is 146 cm³/mol. The fourth-order valence-electron chi connectivity index (χ4n) is 6.20. The predicted octanol–water partition coefficient (Wildman–Crippen LogP) is 4.01. The van der Waals surface area contributed by atoms with Crippen LogP contribution >= 0.6 is 0 Å². The fraction of sp³-hybridized carbons (Fsp3) is 0.433. The molecular formula is C30H35N5O3. The zero-order valence-electron chi connectivity index (χ0n) is 21.8. The summed E-state index contributed by atoms with van der Waals surface area (Å²) in [6.07, 6.45) is 5.16. The Kier molecular flexibility index (Phi) is 6.53. The Morgan fingerprint density at radius 1 is 1.11 bits per heavy atom. The van der Waals surface area contributed by atoms with Gasteiger partial charge in [0, 0.05) is 43.3 Å². The SMILES string of the molecule is C[C@H](CC(=O)N1CCC(O)(Cn2cnc(Nc3ccc4c(c3)C3CCC4N3)cc2=O)CC1)c1ccccc1. The highest BCUT2D eigenvalue weighted by molar-refractivity contribution is 5.77. The van der Waals surface area contributed by atoms with Crippen molar-refractivity contribution in [2.24, 2.45) is 0 Å². The van der Waals surface area contributed by atoms with Gasteiger partial charge < -0.3 is 20.6 Å². The van der Waals surface area contributed by atoms with Crippen molar-refractivity contribution in [1.82, 2.24) is 19.8 Å². The normalized spacial score (nSPS) is 22.2. The van der Waals surface area contributed by atoms with E-state index in [1.165, 1.54) is 34.5 Å². The monoisotopic (exact) mass is 513 g/mol. The van der Waals surface area contributed by atoms with E-state index in [-0.39, 0.29) is 23.9 Å². The van der Waals surface area contributed by atoms with Gasteiger partial charge in [0.1, 0.15) is 5.82 Å². The molecular weight excluding hydrogens is 478 g/mol. The molecule has 2 fully saturated rings. The van der Waals surface area contributed by atoms with Gasteiger partial charge in [0.15, 0.2) is 0 Å². The molecule has 8 heteroatoms. The lowest BCUT2D eigenvalue weighted by Gasteiger charge is -2.38. The number of benzene rings is 2. The highest BCUT2D eigenvalue weighted by atomic mass is 16.3. The number of piperidine rings is 1. The van der Waals surface area contributed by atoms with E-state index < -0.39 is 5.60 Å². The maximum atomic E-state index is 12.9. The average Bonchev–Trinajstić information content (AvgIpc) is 3.54. The van der Waals surface area contributed by atoms with E-state index in [2.05, 4.69) is 34.7 Å². The average molecular weight is 514 g/mol. The second kappa shape index (κ2) is 10.0. The summed E-state index contributed by atoms with van der Waals surface area (Å²) >= 11 is 0. The summed E-state index contributed by atoms with van der Waals surface area (Å²) in [5, 5.41) is 18.1. The molecule has 2 saturated heterocycles. The number of carbonyl (C=O) groups excluding carboxylic acids is 1. The smallest absolute Gasteiger partial charge is 0.255 e. The maximum absolute atomic E-state index is 12.9. The third-order valence-corrected chi connectivity index (χ3v) is 8.50. The number of likely N-dealkylation sites (tertiary alicyclic amines) is 1. The van der Waals surface area contributed by atoms with E-state index in [0.717, 1.165) is 17.7 Å². The molecule has 0 spiro atoms. The first kappa shape index (κ1) is 24.8. The Morgan fingerprint density at radius 2 is 1.84 bits per heavy atom. The van der Waals surface area contributed by atoms with Gasteiger partial charge in [0.05, 0.1) is 18.5 Å². The zero-order chi connectivity index (χ0) is 26.3. The van der Waals surface area contributed by atoms with Crippen molar-refractivity contribution in [2.75, 3.05) is 18.4 Å². The van der Waals surface area contributed by atoms with Crippen LogP contribution in [0.1, 0.15) is 73.7 Å². The number of nitrogens with one attached hydrogen (secondary N) is 2. The first-order valence-electron chi connectivity index (χ1n) is 13.7. The Hall–Kier alpha value is -3.49. The van der Waals surface area contributed by atoms with Crippen molar-refractivity contribution in [1.29, 1.82) is 0 Å². The minimum atomic E-state index is -1.05. The number of hydrogen-bond acceptors (Lipinski definition) is 6. The van der Waals surface area contributed by atoms with Crippen molar-refractivity contribution in [3.63, 3.8) is 0 Å². The zero-order valence-corrected chi connectivity index (χ0v) is 21.8. The van der Waals surface area contributed by atoms with Crippen LogP contribution in [0.2, 0.25) is 0 Å². The summed E-state index contributed by atoms with van der Waals surface area (Å²) in [6, 6.07) is 18.8. The number of aromatic nitrogens is 2. The molecule has 4 heterocycles. The van der Waals surface area contributed by atoms with Crippen LogP contribution < -0.4 is 16.2 Å². The molecule has 2 unspecified atom stereocenters. The Bertz CT molecular complexity index is 1380. The van der Waals surface area contributed by atoms with E-state index in [1.54, 1.807) is 0 Å².